The molecule has 0 aromatic carbocycles. The molecule has 1 unspecified atom stereocenters. The number of aliphatic imine (C=N–C) groups is 1. The summed E-state index contributed by atoms with van der Waals surface area (Å²) < 4.78 is 0.209. The minimum absolute atomic E-state index is 0. The Morgan fingerprint density at radius 1 is 1.62 bits per heavy atom. The van der Waals surface area contributed by atoms with Gasteiger partial charge in [-0.3, -0.25) is 4.99 Å². The van der Waals surface area contributed by atoms with Crippen LogP contribution in [0.3, 0.4) is 0 Å². The maximum Gasteiger partial charge on any atom is 0.0569 e. The van der Waals surface area contributed by atoms with Gasteiger partial charge in [-0.15, -0.1) is 35.8 Å². The lowest BCUT2D eigenvalue weighted by molar-refractivity contribution is 0.792. The monoisotopic (exact) mass is 239 g/mol. The molecule has 1 heterocycles. The number of rotatable bonds is 4. The van der Waals surface area contributed by atoms with E-state index in [0.717, 1.165) is 24.6 Å². The molecule has 1 nitrogen and oxygen atoms in total. The van der Waals surface area contributed by atoms with Gasteiger partial charge in [0.2, 0.25) is 0 Å². The molecule has 76 valence electrons. The molecule has 1 aliphatic heterocycles. The highest BCUT2D eigenvalue weighted by atomic mass is 35.5. The van der Waals surface area contributed by atoms with Gasteiger partial charge in [0.1, 0.15) is 0 Å². The highest BCUT2D eigenvalue weighted by molar-refractivity contribution is 8.00. The summed E-state index contributed by atoms with van der Waals surface area (Å²) in [5, 5.41) is 0. The van der Waals surface area contributed by atoms with E-state index in [0.29, 0.717) is 0 Å². The molecular formula is C9H15Cl2NS. The van der Waals surface area contributed by atoms with E-state index in [4.69, 9.17) is 11.6 Å². The lowest BCUT2D eigenvalue weighted by Gasteiger charge is -2.24. The van der Waals surface area contributed by atoms with E-state index in [9.17, 15) is 0 Å². The molecule has 0 aromatic heterocycles. The molecule has 0 aromatic rings. The van der Waals surface area contributed by atoms with Crippen LogP contribution in [0.1, 0.15) is 13.3 Å². The van der Waals surface area contributed by atoms with Crippen molar-refractivity contribution in [3.8, 4) is 0 Å². The second kappa shape index (κ2) is 6.74. The summed E-state index contributed by atoms with van der Waals surface area (Å²) in [6.07, 6.45) is 7.19. The fourth-order valence-electron chi connectivity index (χ4n) is 1.05. The van der Waals surface area contributed by atoms with E-state index in [1.807, 2.05) is 24.1 Å². The van der Waals surface area contributed by atoms with Crippen molar-refractivity contribution < 1.29 is 0 Å². The molecule has 4 heteroatoms. The number of halogens is 2. The first-order valence-corrected chi connectivity index (χ1v) is 5.66. The fourth-order valence-corrected chi connectivity index (χ4v) is 2.44. The van der Waals surface area contributed by atoms with Crippen molar-refractivity contribution in [3.63, 3.8) is 0 Å². The molecule has 0 bridgehead atoms. The van der Waals surface area contributed by atoms with Crippen LogP contribution in [-0.2, 0) is 0 Å². The van der Waals surface area contributed by atoms with Crippen molar-refractivity contribution in [1.29, 1.82) is 0 Å². The fraction of sp³-hybridized carbons (Fsp3) is 0.667. The van der Waals surface area contributed by atoms with Crippen LogP contribution >= 0.6 is 35.8 Å². The Labute approximate surface area is 95.4 Å². The molecule has 1 aliphatic rings. The molecule has 0 aliphatic carbocycles. The largest absolute Gasteiger partial charge is 0.291 e. The minimum atomic E-state index is 0. The van der Waals surface area contributed by atoms with Crippen LogP contribution in [0.2, 0.25) is 0 Å². The third kappa shape index (κ3) is 4.94. The number of thioether (sulfide) groups is 1. The summed E-state index contributed by atoms with van der Waals surface area (Å²) in [6.45, 7) is 3.12. The van der Waals surface area contributed by atoms with Gasteiger partial charge in [0, 0.05) is 12.1 Å². The highest BCUT2D eigenvalue weighted by Gasteiger charge is 2.21. The van der Waals surface area contributed by atoms with E-state index in [1.54, 1.807) is 0 Å². The van der Waals surface area contributed by atoms with Crippen LogP contribution in [-0.4, -0.2) is 29.1 Å². The zero-order chi connectivity index (χ0) is 8.86. The lowest BCUT2D eigenvalue weighted by Crippen LogP contribution is -2.23. The van der Waals surface area contributed by atoms with Gasteiger partial charge in [-0.2, -0.15) is 0 Å². The number of dihydropyridines is 1. The Kier molecular flexibility index (Phi) is 6.92. The van der Waals surface area contributed by atoms with E-state index in [2.05, 4.69) is 18.0 Å². The average molecular weight is 240 g/mol. The summed E-state index contributed by atoms with van der Waals surface area (Å²) >= 11 is 7.54. The Morgan fingerprint density at radius 2 is 2.38 bits per heavy atom. The molecule has 1 atom stereocenters. The molecule has 0 saturated heterocycles. The molecule has 1 rings (SSSR count). The predicted octanol–water partition coefficient (Wildman–Crippen LogP) is 3.17. The number of allylic oxidation sites excluding steroid dienone is 1. The summed E-state index contributed by atoms with van der Waals surface area (Å²) in [7, 11) is 0. The zero-order valence-corrected chi connectivity index (χ0v) is 10.1. The molecule has 0 fully saturated rings. The van der Waals surface area contributed by atoms with Crippen molar-refractivity contribution in [3.05, 3.63) is 12.2 Å². The quantitative estimate of drug-likeness (QED) is 0.543. The van der Waals surface area contributed by atoms with E-state index in [1.165, 1.54) is 0 Å². The first-order chi connectivity index (χ1) is 5.77. The van der Waals surface area contributed by atoms with Gasteiger partial charge >= 0.3 is 0 Å². The highest BCUT2D eigenvalue weighted by Crippen LogP contribution is 2.28. The van der Waals surface area contributed by atoms with Gasteiger partial charge in [-0.25, -0.2) is 0 Å². The topological polar surface area (TPSA) is 12.4 Å². The van der Waals surface area contributed by atoms with Crippen LogP contribution < -0.4 is 0 Å². The number of alkyl halides is 1. The summed E-state index contributed by atoms with van der Waals surface area (Å²) in [5.41, 5.74) is 0. The third-order valence-corrected chi connectivity index (χ3v) is 3.44. The van der Waals surface area contributed by atoms with E-state index in [-0.39, 0.29) is 17.2 Å². The van der Waals surface area contributed by atoms with Gasteiger partial charge in [0.05, 0.1) is 11.3 Å². The number of nitrogens with zero attached hydrogens (tertiary/aromatic N) is 1. The Hall–Kier alpha value is 0.340. The molecular weight excluding hydrogens is 225 g/mol. The second-order valence-corrected chi connectivity index (χ2v) is 5.06. The Bertz CT molecular complexity index is 194. The summed E-state index contributed by atoms with van der Waals surface area (Å²) in [5.74, 6) is 1.88. The van der Waals surface area contributed by atoms with Crippen LogP contribution in [0, 0.1) is 0 Å². The first kappa shape index (κ1) is 13.3. The van der Waals surface area contributed by atoms with E-state index < -0.39 is 0 Å². The molecule has 0 amide bonds. The van der Waals surface area contributed by atoms with Gasteiger partial charge in [-0.1, -0.05) is 6.08 Å². The maximum atomic E-state index is 5.60. The molecule has 0 N–H and O–H groups in total. The second-order valence-electron chi connectivity index (χ2n) is 3.05. The van der Waals surface area contributed by atoms with Gasteiger partial charge in [0.25, 0.3) is 0 Å². The van der Waals surface area contributed by atoms with Gasteiger partial charge < -0.3 is 0 Å². The Balaban J connectivity index is 0.00000144. The lowest BCUT2D eigenvalue weighted by atomic mass is 10.1. The van der Waals surface area contributed by atoms with Gasteiger partial charge in [0.15, 0.2) is 0 Å². The third-order valence-electron chi connectivity index (χ3n) is 1.76. The SMILES string of the molecule is CC1(SCCCCl)C=CC=NC1.Cl. The minimum Gasteiger partial charge on any atom is -0.291 e. The van der Waals surface area contributed by atoms with Crippen LogP contribution in [0.5, 0.6) is 0 Å². The van der Waals surface area contributed by atoms with Crippen LogP contribution in [0.15, 0.2) is 17.1 Å². The zero-order valence-electron chi connectivity index (χ0n) is 7.70. The van der Waals surface area contributed by atoms with Crippen LogP contribution in [0.25, 0.3) is 0 Å². The summed E-state index contributed by atoms with van der Waals surface area (Å²) in [6, 6.07) is 0. The smallest absolute Gasteiger partial charge is 0.0569 e. The normalized spacial score (nSPS) is 25.7. The van der Waals surface area contributed by atoms with Crippen molar-refractivity contribution in [2.75, 3.05) is 18.2 Å². The predicted molar refractivity (Wildman–Crippen MR) is 65.9 cm³/mol. The number of hydrogen-bond donors (Lipinski definition) is 0. The molecule has 0 radical (unpaired) electrons. The average Bonchev–Trinajstić information content (AvgIpc) is 2.06. The summed E-state index contributed by atoms with van der Waals surface area (Å²) in [4.78, 5) is 4.24. The molecule has 13 heavy (non-hydrogen) atoms. The van der Waals surface area contributed by atoms with E-state index >= 15 is 0 Å². The van der Waals surface area contributed by atoms with Gasteiger partial charge in [-0.05, 0) is 25.2 Å². The van der Waals surface area contributed by atoms with Crippen molar-refractivity contribution in [1.82, 2.24) is 0 Å². The van der Waals surface area contributed by atoms with Crippen LogP contribution in [0.4, 0.5) is 0 Å². The maximum absolute atomic E-state index is 5.60. The standard InChI is InChI=1S/C9H14ClNS.ClH/c1-9(12-7-3-5-10)4-2-6-11-8-9;/h2,4,6H,3,5,7-8H2,1H3;1H. The van der Waals surface area contributed by atoms with Crippen molar-refractivity contribution >= 4 is 42.0 Å². The van der Waals surface area contributed by atoms with Crippen molar-refractivity contribution in [2.45, 2.75) is 18.1 Å². The molecule has 0 saturated carbocycles. The molecule has 0 spiro atoms. The van der Waals surface area contributed by atoms with Crippen molar-refractivity contribution in [2.24, 2.45) is 4.99 Å². The number of hydrogen-bond acceptors (Lipinski definition) is 2. The Morgan fingerprint density at radius 3 is 2.92 bits per heavy atom. The first-order valence-electron chi connectivity index (χ1n) is 4.14.